The lowest BCUT2D eigenvalue weighted by Crippen LogP contribution is -2.44. The van der Waals surface area contributed by atoms with Crippen molar-refractivity contribution in [2.75, 3.05) is 32.8 Å². The molecule has 1 amide bonds. The van der Waals surface area contributed by atoms with Gasteiger partial charge in [-0.25, -0.2) is 0 Å². The van der Waals surface area contributed by atoms with E-state index in [4.69, 9.17) is 4.74 Å². The van der Waals surface area contributed by atoms with Crippen molar-refractivity contribution < 1.29 is 9.53 Å². The Labute approximate surface area is 163 Å². The molecule has 1 N–H and O–H groups in total. The van der Waals surface area contributed by atoms with Crippen molar-refractivity contribution in [3.8, 4) is 5.69 Å². The molecule has 1 fully saturated rings. The fourth-order valence-corrected chi connectivity index (χ4v) is 3.32. The maximum absolute atomic E-state index is 12.8. The van der Waals surface area contributed by atoms with Crippen LogP contribution in [0.5, 0.6) is 0 Å². The van der Waals surface area contributed by atoms with E-state index in [1.165, 1.54) is 0 Å². The summed E-state index contributed by atoms with van der Waals surface area (Å²) in [5.41, 5.74) is 2.38. The molecule has 0 spiro atoms. The molecule has 144 valence electrons. The van der Waals surface area contributed by atoms with Gasteiger partial charge in [-0.05, 0) is 30.3 Å². The van der Waals surface area contributed by atoms with Crippen LogP contribution in [-0.4, -0.2) is 63.4 Å². The minimum Gasteiger partial charge on any atom is -0.379 e. The lowest BCUT2D eigenvalue weighted by molar-refractivity contribution is 0.0154. The van der Waals surface area contributed by atoms with Crippen LogP contribution >= 0.6 is 0 Å². The highest BCUT2D eigenvalue weighted by atomic mass is 16.5. The zero-order valence-electron chi connectivity index (χ0n) is 15.4. The Balaban J connectivity index is 1.47. The zero-order chi connectivity index (χ0) is 19.2. The van der Waals surface area contributed by atoms with Crippen LogP contribution in [0.4, 0.5) is 0 Å². The van der Waals surface area contributed by atoms with E-state index in [-0.39, 0.29) is 11.9 Å². The first-order valence-corrected chi connectivity index (χ1v) is 9.27. The van der Waals surface area contributed by atoms with Crippen molar-refractivity contribution in [1.29, 1.82) is 0 Å². The van der Waals surface area contributed by atoms with E-state index in [9.17, 15) is 4.79 Å². The molecule has 0 bridgehead atoms. The van der Waals surface area contributed by atoms with Crippen LogP contribution in [-0.2, 0) is 4.74 Å². The molecule has 8 heteroatoms. The van der Waals surface area contributed by atoms with Gasteiger partial charge in [0.1, 0.15) is 12.7 Å². The summed E-state index contributed by atoms with van der Waals surface area (Å²) in [6.07, 6.45) is 4.99. The van der Waals surface area contributed by atoms with E-state index in [2.05, 4.69) is 25.4 Å². The molecule has 28 heavy (non-hydrogen) atoms. The second-order valence-electron chi connectivity index (χ2n) is 6.55. The predicted molar refractivity (Wildman–Crippen MR) is 103 cm³/mol. The van der Waals surface area contributed by atoms with Gasteiger partial charge in [-0.2, -0.15) is 0 Å². The first kappa shape index (κ1) is 18.3. The average molecular weight is 378 g/mol. The minimum atomic E-state index is -0.121. The van der Waals surface area contributed by atoms with E-state index < -0.39 is 0 Å². The third kappa shape index (κ3) is 4.24. The van der Waals surface area contributed by atoms with Crippen molar-refractivity contribution in [3.63, 3.8) is 0 Å². The first-order chi connectivity index (χ1) is 13.8. The lowest BCUT2D eigenvalue weighted by Gasteiger charge is -2.34. The van der Waals surface area contributed by atoms with Crippen LogP contribution in [0.3, 0.4) is 0 Å². The van der Waals surface area contributed by atoms with E-state index in [1.807, 2.05) is 36.4 Å². The summed E-state index contributed by atoms with van der Waals surface area (Å²) in [5, 5.41) is 10.7. The summed E-state index contributed by atoms with van der Waals surface area (Å²) in [6, 6.07) is 13.3. The molecule has 2 aromatic heterocycles. The zero-order valence-corrected chi connectivity index (χ0v) is 15.4. The van der Waals surface area contributed by atoms with Crippen LogP contribution in [0, 0.1) is 0 Å². The van der Waals surface area contributed by atoms with Gasteiger partial charge in [-0.3, -0.25) is 19.2 Å². The number of aromatic nitrogens is 4. The van der Waals surface area contributed by atoms with Crippen LogP contribution < -0.4 is 5.32 Å². The van der Waals surface area contributed by atoms with Gasteiger partial charge in [-0.15, -0.1) is 10.2 Å². The largest absolute Gasteiger partial charge is 0.379 e. The fourth-order valence-electron chi connectivity index (χ4n) is 3.32. The SMILES string of the molecule is O=C(NC[C@H](c1ccccn1)N1CCOCC1)c1cccc(-n2cnnc2)c1. The molecule has 0 saturated carbocycles. The van der Waals surface area contributed by atoms with E-state index in [0.29, 0.717) is 25.3 Å². The van der Waals surface area contributed by atoms with Crippen molar-refractivity contribution in [2.24, 2.45) is 0 Å². The predicted octanol–water partition coefficient (Wildman–Crippen LogP) is 1.47. The van der Waals surface area contributed by atoms with Gasteiger partial charge in [0, 0.05) is 37.1 Å². The highest BCUT2D eigenvalue weighted by molar-refractivity contribution is 5.94. The molecule has 3 heterocycles. The van der Waals surface area contributed by atoms with Crippen molar-refractivity contribution >= 4 is 5.91 Å². The van der Waals surface area contributed by atoms with E-state index >= 15 is 0 Å². The van der Waals surface area contributed by atoms with E-state index in [1.54, 1.807) is 29.5 Å². The maximum Gasteiger partial charge on any atom is 0.251 e. The molecule has 1 saturated heterocycles. The van der Waals surface area contributed by atoms with Crippen LogP contribution in [0.2, 0.25) is 0 Å². The molecule has 3 aromatic rings. The lowest BCUT2D eigenvalue weighted by atomic mass is 10.1. The van der Waals surface area contributed by atoms with Gasteiger partial charge in [0.2, 0.25) is 0 Å². The second kappa shape index (κ2) is 8.73. The monoisotopic (exact) mass is 378 g/mol. The molecule has 1 aliphatic rings. The van der Waals surface area contributed by atoms with Crippen molar-refractivity contribution in [3.05, 3.63) is 72.6 Å². The highest BCUT2D eigenvalue weighted by Gasteiger charge is 2.24. The number of pyridine rings is 1. The molecule has 1 atom stereocenters. The highest BCUT2D eigenvalue weighted by Crippen LogP contribution is 2.19. The molecule has 8 nitrogen and oxygen atoms in total. The van der Waals surface area contributed by atoms with Gasteiger partial charge in [0.15, 0.2) is 0 Å². The van der Waals surface area contributed by atoms with Crippen molar-refractivity contribution in [2.45, 2.75) is 6.04 Å². The third-order valence-electron chi connectivity index (χ3n) is 4.80. The summed E-state index contributed by atoms with van der Waals surface area (Å²) >= 11 is 0. The molecular formula is C20H22N6O2. The fraction of sp³-hybridized carbons (Fsp3) is 0.300. The maximum atomic E-state index is 12.8. The molecule has 0 aliphatic carbocycles. The Hall–Kier alpha value is -3.10. The Morgan fingerprint density at radius 3 is 2.68 bits per heavy atom. The number of carbonyl (C=O) groups excluding carboxylic acids is 1. The normalized spacial score (nSPS) is 15.9. The van der Waals surface area contributed by atoms with Gasteiger partial charge in [0.05, 0.1) is 24.9 Å². The number of morpholine rings is 1. The molecule has 1 aliphatic heterocycles. The number of hydrogen-bond acceptors (Lipinski definition) is 6. The topological polar surface area (TPSA) is 85.2 Å². The Kier molecular flexibility index (Phi) is 5.69. The number of ether oxygens (including phenoxy) is 1. The quantitative estimate of drug-likeness (QED) is 0.699. The molecular weight excluding hydrogens is 356 g/mol. The second-order valence-corrected chi connectivity index (χ2v) is 6.55. The standard InChI is InChI=1S/C20H22N6O2/c27-20(16-4-3-5-17(12-16)26-14-23-24-15-26)22-13-19(18-6-1-2-7-21-18)25-8-10-28-11-9-25/h1-7,12,14-15,19H,8-11,13H2,(H,22,27)/t19-/m1/s1. The Bertz CT molecular complexity index is 894. The summed E-state index contributed by atoms with van der Waals surface area (Å²) in [4.78, 5) is 19.6. The first-order valence-electron chi connectivity index (χ1n) is 9.27. The number of carbonyl (C=O) groups is 1. The smallest absolute Gasteiger partial charge is 0.251 e. The van der Waals surface area contributed by atoms with Crippen molar-refractivity contribution in [1.82, 2.24) is 30.0 Å². The van der Waals surface area contributed by atoms with Gasteiger partial charge in [0.25, 0.3) is 5.91 Å². The Morgan fingerprint density at radius 1 is 1.11 bits per heavy atom. The van der Waals surface area contributed by atoms with Crippen LogP contribution in [0.1, 0.15) is 22.1 Å². The van der Waals surface area contributed by atoms with Crippen LogP contribution in [0.25, 0.3) is 5.69 Å². The third-order valence-corrected chi connectivity index (χ3v) is 4.80. The molecule has 0 radical (unpaired) electrons. The number of nitrogens with zero attached hydrogens (tertiary/aromatic N) is 5. The summed E-state index contributed by atoms with van der Waals surface area (Å²) in [7, 11) is 0. The minimum absolute atomic E-state index is 0.00933. The number of amides is 1. The average Bonchev–Trinajstić information content (AvgIpc) is 3.30. The van der Waals surface area contributed by atoms with E-state index in [0.717, 1.165) is 24.5 Å². The summed E-state index contributed by atoms with van der Waals surface area (Å²) in [6.45, 7) is 3.50. The molecule has 4 rings (SSSR count). The number of hydrogen-bond donors (Lipinski definition) is 1. The van der Waals surface area contributed by atoms with Gasteiger partial charge in [-0.1, -0.05) is 12.1 Å². The molecule has 1 aromatic carbocycles. The number of nitrogens with one attached hydrogen (secondary N) is 1. The van der Waals surface area contributed by atoms with Gasteiger partial charge >= 0.3 is 0 Å². The summed E-state index contributed by atoms with van der Waals surface area (Å²) < 4.78 is 7.23. The molecule has 0 unspecified atom stereocenters. The van der Waals surface area contributed by atoms with Crippen LogP contribution in [0.15, 0.2) is 61.3 Å². The number of rotatable bonds is 6. The Morgan fingerprint density at radius 2 is 1.93 bits per heavy atom. The summed E-state index contributed by atoms with van der Waals surface area (Å²) in [5.74, 6) is -0.121. The number of benzene rings is 1. The van der Waals surface area contributed by atoms with Gasteiger partial charge < -0.3 is 10.1 Å².